The van der Waals surface area contributed by atoms with Crippen LogP contribution in [0.15, 0.2) is 30.3 Å². The molecule has 1 unspecified atom stereocenters. The number of ether oxygens (including phenoxy) is 1. The van der Waals surface area contributed by atoms with Crippen molar-refractivity contribution < 1.29 is 14.3 Å². The van der Waals surface area contributed by atoms with Gasteiger partial charge in [0.15, 0.2) is 3.95 Å². The van der Waals surface area contributed by atoms with Gasteiger partial charge in [-0.25, -0.2) is 4.79 Å². The molecule has 0 saturated carbocycles. The van der Waals surface area contributed by atoms with E-state index in [2.05, 4.69) is 20.8 Å². The molecule has 2 amide bonds. The van der Waals surface area contributed by atoms with Crippen molar-refractivity contribution in [1.82, 2.24) is 15.5 Å². The van der Waals surface area contributed by atoms with E-state index in [0.29, 0.717) is 22.1 Å². The van der Waals surface area contributed by atoms with E-state index in [9.17, 15) is 9.59 Å². The van der Waals surface area contributed by atoms with Crippen molar-refractivity contribution in [2.45, 2.75) is 25.8 Å². The standard InChI is InChI=1S/C15H18N4O3S2/c1-2-22-12(20)9-11(8-10-6-4-3-5-7-10)16-13(21)17-14-18-19-15(23)24-14/h3-7,11H,2,8-9H2,1H3,(H,19,23)(H2,16,17,18,21). The number of nitrogens with one attached hydrogen (secondary N) is 3. The zero-order valence-corrected chi connectivity index (χ0v) is 14.7. The van der Waals surface area contributed by atoms with E-state index >= 15 is 0 Å². The number of benzene rings is 1. The van der Waals surface area contributed by atoms with E-state index < -0.39 is 12.1 Å². The van der Waals surface area contributed by atoms with Gasteiger partial charge in [0, 0.05) is 6.04 Å². The molecular weight excluding hydrogens is 348 g/mol. The van der Waals surface area contributed by atoms with Crippen LogP contribution in [0, 0.1) is 3.95 Å². The second-order valence-corrected chi connectivity index (χ2v) is 6.58. The molecule has 0 aliphatic carbocycles. The third kappa shape index (κ3) is 6.09. The highest BCUT2D eigenvalue weighted by atomic mass is 32.1. The molecule has 0 fully saturated rings. The third-order valence-electron chi connectivity index (χ3n) is 3.04. The molecular formula is C15H18N4O3S2. The number of rotatable bonds is 7. The Hall–Kier alpha value is -2.26. The average molecular weight is 366 g/mol. The number of aromatic nitrogens is 2. The van der Waals surface area contributed by atoms with Gasteiger partial charge in [0.2, 0.25) is 5.13 Å². The molecule has 9 heteroatoms. The van der Waals surface area contributed by atoms with Gasteiger partial charge < -0.3 is 10.1 Å². The van der Waals surface area contributed by atoms with Gasteiger partial charge in [-0.15, -0.1) is 5.10 Å². The zero-order valence-electron chi connectivity index (χ0n) is 13.1. The number of esters is 1. The fourth-order valence-corrected chi connectivity index (χ4v) is 2.88. The maximum absolute atomic E-state index is 12.1. The van der Waals surface area contributed by atoms with Gasteiger partial charge in [-0.05, 0) is 31.1 Å². The molecule has 7 nitrogen and oxygen atoms in total. The molecule has 1 aromatic heterocycles. The normalized spacial score (nSPS) is 11.5. The summed E-state index contributed by atoms with van der Waals surface area (Å²) >= 11 is 6.07. The summed E-state index contributed by atoms with van der Waals surface area (Å²) < 4.78 is 5.44. The Kier molecular flexibility index (Phi) is 6.89. The minimum Gasteiger partial charge on any atom is -0.466 e. The number of aromatic amines is 1. The Morgan fingerprint density at radius 3 is 2.75 bits per heavy atom. The summed E-state index contributed by atoms with van der Waals surface area (Å²) in [5.74, 6) is -0.353. The first-order valence-corrected chi connectivity index (χ1v) is 8.62. The number of anilines is 1. The molecule has 0 spiro atoms. The van der Waals surface area contributed by atoms with Gasteiger partial charge >= 0.3 is 12.0 Å². The summed E-state index contributed by atoms with van der Waals surface area (Å²) in [6, 6.07) is 8.78. The molecule has 0 aliphatic heterocycles. The summed E-state index contributed by atoms with van der Waals surface area (Å²) in [7, 11) is 0. The molecule has 128 valence electrons. The number of amides is 2. The molecule has 0 aliphatic rings. The minimum atomic E-state index is -0.446. The predicted octanol–water partition coefficient (Wildman–Crippen LogP) is 2.89. The summed E-state index contributed by atoms with van der Waals surface area (Å²) in [4.78, 5) is 23.9. The lowest BCUT2D eigenvalue weighted by atomic mass is 10.0. The molecule has 1 heterocycles. The minimum absolute atomic E-state index is 0.0897. The van der Waals surface area contributed by atoms with Crippen LogP contribution in [0.4, 0.5) is 9.93 Å². The predicted molar refractivity (Wildman–Crippen MR) is 94.6 cm³/mol. The summed E-state index contributed by atoms with van der Waals surface area (Å²) in [6.07, 6.45) is 0.607. The van der Waals surface area contributed by atoms with Crippen molar-refractivity contribution in [2.75, 3.05) is 11.9 Å². The fraction of sp³-hybridized carbons (Fsp3) is 0.333. The number of nitrogens with zero attached hydrogens (tertiary/aromatic N) is 1. The molecule has 0 radical (unpaired) electrons. The van der Waals surface area contributed by atoms with Gasteiger partial charge in [0.05, 0.1) is 13.0 Å². The second-order valence-electron chi connectivity index (χ2n) is 4.91. The lowest BCUT2D eigenvalue weighted by Crippen LogP contribution is -2.41. The van der Waals surface area contributed by atoms with E-state index in [1.165, 1.54) is 0 Å². The Bertz CT molecular complexity index is 730. The molecule has 2 rings (SSSR count). The van der Waals surface area contributed by atoms with Gasteiger partial charge in [-0.1, -0.05) is 41.7 Å². The molecule has 0 bridgehead atoms. The average Bonchev–Trinajstić information content (AvgIpc) is 2.93. The van der Waals surface area contributed by atoms with Gasteiger partial charge in [-0.2, -0.15) is 0 Å². The van der Waals surface area contributed by atoms with E-state index in [1.807, 2.05) is 30.3 Å². The second kappa shape index (κ2) is 9.14. The van der Waals surface area contributed by atoms with E-state index in [0.717, 1.165) is 16.9 Å². The van der Waals surface area contributed by atoms with Crippen LogP contribution in [0.2, 0.25) is 0 Å². The zero-order chi connectivity index (χ0) is 17.4. The number of carbonyl (C=O) groups is 2. The van der Waals surface area contributed by atoms with Crippen LogP contribution >= 0.6 is 23.6 Å². The molecule has 2 aromatic rings. The van der Waals surface area contributed by atoms with Crippen LogP contribution in [-0.4, -0.2) is 34.8 Å². The van der Waals surface area contributed by atoms with Crippen molar-refractivity contribution in [1.29, 1.82) is 0 Å². The van der Waals surface area contributed by atoms with Crippen LogP contribution in [0.25, 0.3) is 0 Å². The largest absolute Gasteiger partial charge is 0.466 e. The van der Waals surface area contributed by atoms with Crippen LogP contribution in [0.3, 0.4) is 0 Å². The number of hydrogen-bond acceptors (Lipinski definition) is 6. The Morgan fingerprint density at radius 2 is 2.12 bits per heavy atom. The number of hydrogen-bond donors (Lipinski definition) is 3. The third-order valence-corrected chi connectivity index (χ3v) is 4.04. The van der Waals surface area contributed by atoms with Gasteiger partial charge in [0.25, 0.3) is 0 Å². The lowest BCUT2D eigenvalue weighted by molar-refractivity contribution is -0.143. The molecule has 0 saturated heterocycles. The summed E-state index contributed by atoms with van der Waals surface area (Å²) in [5.41, 5.74) is 1.02. The first-order chi connectivity index (χ1) is 11.6. The van der Waals surface area contributed by atoms with E-state index in [1.54, 1.807) is 6.92 Å². The Morgan fingerprint density at radius 1 is 1.38 bits per heavy atom. The van der Waals surface area contributed by atoms with Crippen molar-refractivity contribution in [2.24, 2.45) is 0 Å². The number of urea groups is 1. The fourth-order valence-electron chi connectivity index (χ4n) is 2.10. The SMILES string of the molecule is CCOC(=O)CC(Cc1ccccc1)NC(=O)Nc1n[nH]c(=S)s1. The van der Waals surface area contributed by atoms with Crippen LogP contribution < -0.4 is 10.6 Å². The van der Waals surface area contributed by atoms with Gasteiger partial charge in [-0.3, -0.25) is 15.2 Å². The lowest BCUT2D eigenvalue weighted by Gasteiger charge is -2.18. The highest BCUT2D eigenvalue weighted by Gasteiger charge is 2.18. The molecule has 1 aromatic carbocycles. The Balaban J connectivity index is 1.99. The van der Waals surface area contributed by atoms with Crippen molar-refractivity contribution in [3.8, 4) is 0 Å². The van der Waals surface area contributed by atoms with Crippen LogP contribution in [-0.2, 0) is 16.0 Å². The smallest absolute Gasteiger partial charge is 0.321 e. The first kappa shape index (κ1) is 18.1. The quantitative estimate of drug-likeness (QED) is 0.517. The maximum Gasteiger partial charge on any atom is 0.321 e. The highest BCUT2D eigenvalue weighted by Crippen LogP contribution is 2.11. The summed E-state index contributed by atoms with van der Waals surface area (Å²) in [5, 5.41) is 12.2. The van der Waals surface area contributed by atoms with E-state index in [-0.39, 0.29) is 12.4 Å². The maximum atomic E-state index is 12.1. The monoisotopic (exact) mass is 366 g/mol. The molecule has 24 heavy (non-hydrogen) atoms. The van der Waals surface area contributed by atoms with Gasteiger partial charge in [0.1, 0.15) is 0 Å². The number of H-pyrrole nitrogens is 1. The van der Waals surface area contributed by atoms with Crippen LogP contribution in [0.5, 0.6) is 0 Å². The highest BCUT2D eigenvalue weighted by molar-refractivity contribution is 7.73. The number of carbonyl (C=O) groups excluding carboxylic acids is 2. The Labute approximate surface area is 148 Å². The van der Waals surface area contributed by atoms with Crippen molar-refractivity contribution in [3.05, 3.63) is 39.8 Å². The molecule has 3 N–H and O–H groups in total. The van der Waals surface area contributed by atoms with Crippen molar-refractivity contribution in [3.63, 3.8) is 0 Å². The molecule has 1 atom stereocenters. The van der Waals surface area contributed by atoms with Crippen LogP contribution in [0.1, 0.15) is 18.9 Å². The van der Waals surface area contributed by atoms with E-state index in [4.69, 9.17) is 17.0 Å². The topological polar surface area (TPSA) is 96.1 Å². The summed E-state index contributed by atoms with van der Waals surface area (Å²) in [6.45, 7) is 2.05. The van der Waals surface area contributed by atoms with Crippen molar-refractivity contribution >= 4 is 40.7 Å². The first-order valence-electron chi connectivity index (χ1n) is 7.39.